The summed E-state index contributed by atoms with van der Waals surface area (Å²) in [5.74, 6) is -0.331. The van der Waals surface area contributed by atoms with Crippen molar-refractivity contribution >= 4 is 45.0 Å². The summed E-state index contributed by atoms with van der Waals surface area (Å²) in [4.78, 5) is 12.9. The first kappa shape index (κ1) is 28.2. The number of nitrogens with zero attached hydrogens (tertiary/aromatic N) is 4. The maximum atomic E-state index is 13.7. The molecule has 0 spiro atoms. The standard InChI is InChI=1S/C27H25ClFN5O4S2/c1-18-23(28)6-3-7-24(18)30-25(35)17-39-27-32-31-26(34(27)21-10-8-20(29)9-11-21)19-4-2-5-22(16-19)40(36,37)33-12-14-38-15-13-33/h2-11,16H,12-15,17H2,1H3,(H,30,35). The molecular weight excluding hydrogens is 577 g/mol. The zero-order valence-corrected chi connectivity index (χ0v) is 23.8. The fourth-order valence-electron chi connectivity index (χ4n) is 4.16. The summed E-state index contributed by atoms with van der Waals surface area (Å²) < 4.78 is 48.6. The minimum atomic E-state index is -3.75. The van der Waals surface area contributed by atoms with Crippen LogP contribution in [-0.4, -0.2) is 65.5 Å². The number of carbonyl (C=O) groups excluding carboxylic acids is 1. The number of anilines is 1. The van der Waals surface area contributed by atoms with Gasteiger partial charge in [-0.3, -0.25) is 9.36 Å². The maximum absolute atomic E-state index is 13.7. The number of nitrogens with one attached hydrogen (secondary N) is 1. The quantitative estimate of drug-likeness (QED) is 0.290. The molecule has 40 heavy (non-hydrogen) atoms. The summed E-state index contributed by atoms with van der Waals surface area (Å²) in [6.07, 6.45) is 0. The first-order valence-electron chi connectivity index (χ1n) is 12.3. The smallest absolute Gasteiger partial charge is 0.243 e. The average Bonchev–Trinajstić information content (AvgIpc) is 3.39. The first-order chi connectivity index (χ1) is 19.2. The lowest BCUT2D eigenvalue weighted by atomic mass is 10.2. The summed E-state index contributed by atoms with van der Waals surface area (Å²) in [6, 6.07) is 17.4. The monoisotopic (exact) mass is 601 g/mol. The van der Waals surface area contributed by atoms with Gasteiger partial charge in [0.2, 0.25) is 15.9 Å². The van der Waals surface area contributed by atoms with Gasteiger partial charge in [0.05, 0.1) is 23.9 Å². The number of thioether (sulfide) groups is 1. The highest BCUT2D eigenvalue weighted by Gasteiger charge is 2.27. The fourth-order valence-corrected chi connectivity index (χ4v) is 6.55. The SMILES string of the molecule is Cc1c(Cl)cccc1NC(=O)CSc1nnc(-c2cccc(S(=O)(=O)N3CCOCC3)c2)n1-c1ccc(F)cc1. The van der Waals surface area contributed by atoms with Crippen LogP contribution in [0.3, 0.4) is 0 Å². The van der Waals surface area contributed by atoms with Crippen molar-refractivity contribution in [3.8, 4) is 17.1 Å². The second kappa shape index (κ2) is 12.1. The number of sulfonamides is 1. The number of hydrogen-bond donors (Lipinski definition) is 1. The van der Waals surface area contributed by atoms with Gasteiger partial charge in [-0.05, 0) is 61.0 Å². The van der Waals surface area contributed by atoms with Gasteiger partial charge in [-0.25, -0.2) is 12.8 Å². The highest BCUT2D eigenvalue weighted by molar-refractivity contribution is 7.99. The van der Waals surface area contributed by atoms with E-state index in [9.17, 15) is 17.6 Å². The molecule has 1 N–H and O–H groups in total. The topological polar surface area (TPSA) is 106 Å². The Morgan fingerprint density at radius 1 is 1.07 bits per heavy atom. The van der Waals surface area contributed by atoms with E-state index >= 15 is 0 Å². The Bertz CT molecular complexity index is 1640. The third-order valence-corrected chi connectivity index (χ3v) is 9.53. The van der Waals surface area contributed by atoms with Gasteiger partial charge < -0.3 is 10.1 Å². The van der Waals surface area contributed by atoms with Crippen LogP contribution in [0.5, 0.6) is 0 Å². The summed E-state index contributed by atoms with van der Waals surface area (Å²) in [7, 11) is -3.75. The second-order valence-corrected chi connectivity index (χ2v) is 12.2. The van der Waals surface area contributed by atoms with Gasteiger partial charge >= 0.3 is 0 Å². The highest BCUT2D eigenvalue weighted by Crippen LogP contribution is 2.30. The Hall–Kier alpha value is -3.29. The molecule has 1 aliphatic heterocycles. The molecule has 1 amide bonds. The van der Waals surface area contributed by atoms with Crippen LogP contribution >= 0.6 is 23.4 Å². The Kier molecular flexibility index (Phi) is 8.52. The Balaban J connectivity index is 1.45. The van der Waals surface area contributed by atoms with Crippen molar-refractivity contribution < 1.29 is 22.3 Å². The molecule has 1 aliphatic rings. The van der Waals surface area contributed by atoms with Crippen LogP contribution in [0.1, 0.15) is 5.56 Å². The Morgan fingerprint density at radius 2 is 1.80 bits per heavy atom. The molecule has 0 atom stereocenters. The zero-order chi connectivity index (χ0) is 28.3. The summed E-state index contributed by atoms with van der Waals surface area (Å²) in [6.45, 7) is 3.04. The van der Waals surface area contributed by atoms with Gasteiger partial charge in [0.1, 0.15) is 5.82 Å². The van der Waals surface area contributed by atoms with Crippen LogP contribution < -0.4 is 5.32 Å². The fraction of sp³-hybridized carbons (Fsp3) is 0.222. The summed E-state index contributed by atoms with van der Waals surface area (Å²) >= 11 is 7.31. The number of carbonyl (C=O) groups is 1. The van der Waals surface area contributed by atoms with Gasteiger partial charge in [-0.1, -0.05) is 41.6 Å². The van der Waals surface area contributed by atoms with Crippen molar-refractivity contribution in [2.75, 3.05) is 37.4 Å². The molecule has 1 aromatic heterocycles. The molecule has 13 heteroatoms. The average molecular weight is 602 g/mol. The third-order valence-electron chi connectivity index (χ3n) is 6.29. The molecule has 1 saturated heterocycles. The highest BCUT2D eigenvalue weighted by atomic mass is 35.5. The molecule has 2 heterocycles. The van der Waals surface area contributed by atoms with Crippen molar-refractivity contribution in [2.24, 2.45) is 0 Å². The van der Waals surface area contributed by atoms with E-state index in [4.69, 9.17) is 16.3 Å². The van der Waals surface area contributed by atoms with Crippen molar-refractivity contribution in [1.29, 1.82) is 0 Å². The van der Waals surface area contributed by atoms with Crippen LogP contribution in [0.15, 0.2) is 76.8 Å². The van der Waals surface area contributed by atoms with E-state index in [1.807, 2.05) is 6.92 Å². The first-order valence-corrected chi connectivity index (χ1v) is 15.1. The third kappa shape index (κ3) is 6.06. The molecule has 4 aromatic rings. The molecule has 0 radical (unpaired) electrons. The number of benzene rings is 3. The lowest BCUT2D eigenvalue weighted by Crippen LogP contribution is -2.40. The number of ether oxygens (including phenoxy) is 1. The van der Waals surface area contributed by atoms with E-state index in [0.29, 0.717) is 46.2 Å². The van der Waals surface area contributed by atoms with Crippen LogP contribution in [0, 0.1) is 12.7 Å². The molecule has 3 aromatic carbocycles. The predicted molar refractivity (Wildman–Crippen MR) is 152 cm³/mol. The van der Waals surface area contributed by atoms with Crippen molar-refractivity contribution in [3.63, 3.8) is 0 Å². The number of rotatable bonds is 8. The lowest BCUT2D eigenvalue weighted by Gasteiger charge is -2.26. The second-order valence-electron chi connectivity index (χ2n) is 8.91. The largest absolute Gasteiger partial charge is 0.379 e. The summed E-state index contributed by atoms with van der Waals surface area (Å²) in [5.41, 5.74) is 2.41. The molecule has 5 rings (SSSR count). The molecular formula is C27H25ClFN5O4S2. The number of amides is 1. The lowest BCUT2D eigenvalue weighted by molar-refractivity contribution is -0.113. The van der Waals surface area contributed by atoms with Gasteiger partial charge in [-0.15, -0.1) is 10.2 Å². The van der Waals surface area contributed by atoms with E-state index < -0.39 is 15.8 Å². The van der Waals surface area contributed by atoms with Crippen molar-refractivity contribution in [2.45, 2.75) is 17.0 Å². The Morgan fingerprint density at radius 3 is 2.55 bits per heavy atom. The number of morpholine rings is 1. The van der Waals surface area contributed by atoms with E-state index in [2.05, 4.69) is 15.5 Å². The number of hydrogen-bond acceptors (Lipinski definition) is 7. The predicted octanol–water partition coefficient (Wildman–Crippen LogP) is 4.79. The zero-order valence-electron chi connectivity index (χ0n) is 21.4. The van der Waals surface area contributed by atoms with E-state index in [0.717, 1.165) is 17.3 Å². The molecule has 1 fully saturated rings. The van der Waals surface area contributed by atoms with Crippen LogP contribution in [-0.2, 0) is 19.6 Å². The minimum Gasteiger partial charge on any atom is -0.379 e. The maximum Gasteiger partial charge on any atom is 0.243 e. The van der Waals surface area contributed by atoms with E-state index in [1.54, 1.807) is 47.0 Å². The minimum absolute atomic E-state index is 0.0106. The number of aromatic nitrogens is 3. The number of halogens is 2. The molecule has 0 saturated carbocycles. The van der Waals surface area contributed by atoms with E-state index in [1.165, 1.54) is 28.6 Å². The van der Waals surface area contributed by atoms with E-state index in [-0.39, 0.29) is 29.6 Å². The Labute approximate surface area is 240 Å². The molecule has 0 unspecified atom stereocenters. The summed E-state index contributed by atoms with van der Waals surface area (Å²) in [5, 5.41) is 12.4. The normalized spacial score (nSPS) is 14.3. The molecule has 9 nitrogen and oxygen atoms in total. The molecule has 208 valence electrons. The molecule has 0 aliphatic carbocycles. The van der Waals surface area contributed by atoms with Crippen molar-refractivity contribution in [1.82, 2.24) is 19.1 Å². The van der Waals surface area contributed by atoms with Gasteiger partial charge in [0, 0.05) is 35.1 Å². The van der Waals surface area contributed by atoms with Crippen LogP contribution in [0.25, 0.3) is 17.1 Å². The van der Waals surface area contributed by atoms with Gasteiger partial charge in [0.25, 0.3) is 0 Å². The molecule has 0 bridgehead atoms. The van der Waals surface area contributed by atoms with Crippen LogP contribution in [0.4, 0.5) is 10.1 Å². The van der Waals surface area contributed by atoms with Crippen molar-refractivity contribution in [3.05, 3.63) is 83.1 Å². The van der Waals surface area contributed by atoms with Gasteiger partial charge in [0.15, 0.2) is 11.0 Å². The van der Waals surface area contributed by atoms with Crippen LogP contribution in [0.2, 0.25) is 5.02 Å². The van der Waals surface area contributed by atoms with Gasteiger partial charge in [-0.2, -0.15) is 4.31 Å².